The molecule has 0 saturated carbocycles. The van der Waals surface area contributed by atoms with Gasteiger partial charge in [0.15, 0.2) is 0 Å². The van der Waals surface area contributed by atoms with Crippen LogP contribution in [0.3, 0.4) is 0 Å². The van der Waals surface area contributed by atoms with Gasteiger partial charge < -0.3 is 5.32 Å². The number of para-hydroxylation sites is 1. The van der Waals surface area contributed by atoms with Gasteiger partial charge in [-0.3, -0.25) is 15.1 Å². The van der Waals surface area contributed by atoms with Crippen LogP contribution in [0.4, 0.5) is 5.69 Å². The molecule has 0 saturated heterocycles. The van der Waals surface area contributed by atoms with E-state index >= 15 is 0 Å². The summed E-state index contributed by atoms with van der Waals surface area (Å²) < 4.78 is 0. The summed E-state index contributed by atoms with van der Waals surface area (Å²) in [5.74, 6) is 1.13. The van der Waals surface area contributed by atoms with Gasteiger partial charge >= 0.3 is 0 Å². The molecule has 6 heteroatoms. The Morgan fingerprint density at radius 2 is 2.17 bits per heavy atom. The summed E-state index contributed by atoms with van der Waals surface area (Å²) in [6, 6.07) is 8.23. The molecule has 0 aromatic heterocycles. The molecule has 1 aromatic rings. The van der Waals surface area contributed by atoms with Crippen LogP contribution in [0.1, 0.15) is 25.3 Å². The van der Waals surface area contributed by atoms with E-state index in [2.05, 4.69) is 36.3 Å². The smallest absolute Gasteiger partial charge is 0.223 e. The molecule has 0 radical (unpaired) electrons. The van der Waals surface area contributed by atoms with Crippen molar-refractivity contribution in [3.8, 4) is 0 Å². The van der Waals surface area contributed by atoms with Crippen molar-refractivity contribution in [2.45, 2.75) is 19.8 Å². The SMILES string of the molecule is CC(C)c1ccccc1NC1=NCCN1OCC1=CC=CCN1O. The fraction of sp³-hybridized carbons (Fsp3) is 0.389. The van der Waals surface area contributed by atoms with E-state index in [1.54, 1.807) is 5.06 Å². The zero-order valence-electron chi connectivity index (χ0n) is 14.1. The van der Waals surface area contributed by atoms with Crippen LogP contribution in [0.5, 0.6) is 0 Å². The summed E-state index contributed by atoms with van der Waals surface area (Å²) in [6.07, 6.45) is 5.65. The molecule has 0 spiro atoms. The average Bonchev–Trinajstić information content (AvgIpc) is 3.01. The summed E-state index contributed by atoms with van der Waals surface area (Å²) in [6.45, 7) is 6.51. The molecule has 0 aliphatic carbocycles. The lowest BCUT2D eigenvalue weighted by molar-refractivity contribution is -0.114. The van der Waals surface area contributed by atoms with E-state index in [4.69, 9.17) is 4.84 Å². The Morgan fingerprint density at radius 1 is 1.33 bits per heavy atom. The second kappa shape index (κ2) is 7.51. The first-order valence-corrected chi connectivity index (χ1v) is 8.28. The Kier molecular flexibility index (Phi) is 5.17. The lowest BCUT2D eigenvalue weighted by atomic mass is 10.0. The Morgan fingerprint density at radius 3 is 2.96 bits per heavy atom. The monoisotopic (exact) mass is 328 g/mol. The van der Waals surface area contributed by atoms with E-state index in [9.17, 15) is 5.21 Å². The molecule has 0 atom stereocenters. The number of hydrogen-bond donors (Lipinski definition) is 2. The zero-order chi connectivity index (χ0) is 16.9. The van der Waals surface area contributed by atoms with Crippen molar-refractivity contribution in [1.29, 1.82) is 0 Å². The molecule has 6 nitrogen and oxygen atoms in total. The zero-order valence-corrected chi connectivity index (χ0v) is 14.1. The van der Waals surface area contributed by atoms with Crippen LogP contribution in [0.2, 0.25) is 0 Å². The molecule has 0 fully saturated rings. The number of allylic oxidation sites excluding steroid dienone is 2. The predicted octanol–water partition coefficient (Wildman–Crippen LogP) is 2.97. The van der Waals surface area contributed by atoms with Crippen molar-refractivity contribution in [3.63, 3.8) is 0 Å². The van der Waals surface area contributed by atoms with Gasteiger partial charge in [-0.15, -0.1) is 0 Å². The van der Waals surface area contributed by atoms with Gasteiger partial charge in [0.25, 0.3) is 0 Å². The van der Waals surface area contributed by atoms with Crippen LogP contribution in [0.25, 0.3) is 0 Å². The predicted molar refractivity (Wildman–Crippen MR) is 94.8 cm³/mol. The Hall–Kier alpha value is -2.31. The van der Waals surface area contributed by atoms with Crippen molar-refractivity contribution in [2.75, 3.05) is 31.6 Å². The van der Waals surface area contributed by atoms with Crippen molar-refractivity contribution in [3.05, 3.63) is 53.8 Å². The third-order valence-electron chi connectivity index (χ3n) is 4.03. The van der Waals surface area contributed by atoms with E-state index in [1.165, 1.54) is 10.6 Å². The van der Waals surface area contributed by atoms with E-state index in [0.717, 1.165) is 11.4 Å². The number of benzene rings is 1. The second-order valence-electron chi connectivity index (χ2n) is 6.12. The fourth-order valence-corrected chi connectivity index (χ4v) is 2.70. The minimum absolute atomic E-state index is 0.299. The van der Waals surface area contributed by atoms with Crippen molar-refractivity contribution >= 4 is 11.6 Å². The first-order valence-electron chi connectivity index (χ1n) is 8.28. The quantitative estimate of drug-likeness (QED) is 0.870. The van der Waals surface area contributed by atoms with Gasteiger partial charge in [0, 0.05) is 5.69 Å². The molecule has 128 valence electrons. The third kappa shape index (κ3) is 3.77. The van der Waals surface area contributed by atoms with Crippen LogP contribution < -0.4 is 5.32 Å². The Bertz CT molecular complexity index is 667. The molecule has 2 heterocycles. The number of hydroxylamine groups is 4. The van der Waals surface area contributed by atoms with Gasteiger partial charge in [-0.2, -0.15) is 0 Å². The molecular formula is C18H24N4O2. The summed E-state index contributed by atoms with van der Waals surface area (Å²) in [7, 11) is 0. The maximum absolute atomic E-state index is 9.81. The van der Waals surface area contributed by atoms with Gasteiger partial charge in [-0.25, -0.2) is 10.1 Å². The van der Waals surface area contributed by atoms with E-state index in [-0.39, 0.29) is 0 Å². The average molecular weight is 328 g/mol. The standard InChI is InChI=1S/C18H24N4O2/c1-14(2)16-8-3-4-9-17(16)20-18-19-10-12-22(18)24-13-15-7-5-6-11-21(15)23/h3-9,14,23H,10-13H2,1-2H3,(H,19,20). The molecule has 2 aliphatic heterocycles. The number of nitrogens with one attached hydrogen (secondary N) is 1. The summed E-state index contributed by atoms with van der Waals surface area (Å²) in [5.41, 5.74) is 3.02. The third-order valence-corrected chi connectivity index (χ3v) is 4.03. The van der Waals surface area contributed by atoms with E-state index in [0.29, 0.717) is 38.1 Å². The van der Waals surface area contributed by atoms with Crippen LogP contribution in [0.15, 0.2) is 53.2 Å². The van der Waals surface area contributed by atoms with Crippen LogP contribution in [0, 0.1) is 0 Å². The summed E-state index contributed by atoms with van der Waals surface area (Å²) >= 11 is 0. The number of nitrogens with zero attached hydrogens (tertiary/aromatic N) is 3. The highest BCUT2D eigenvalue weighted by molar-refractivity contribution is 5.94. The highest BCUT2D eigenvalue weighted by Crippen LogP contribution is 2.24. The molecule has 0 bridgehead atoms. The van der Waals surface area contributed by atoms with Gasteiger partial charge in [0.2, 0.25) is 5.96 Å². The van der Waals surface area contributed by atoms with Crippen LogP contribution >= 0.6 is 0 Å². The highest BCUT2D eigenvalue weighted by atomic mass is 16.7. The lowest BCUT2D eigenvalue weighted by Gasteiger charge is -2.25. The molecule has 2 aliphatic rings. The minimum Gasteiger partial charge on any atom is -0.324 e. The van der Waals surface area contributed by atoms with Gasteiger partial charge in [-0.1, -0.05) is 44.2 Å². The lowest BCUT2D eigenvalue weighted by Crippen LogP contribution is -2.35. The first kappa shape index (κ1) is 16.5. The number of rotatable bonds is 5. The molecular weight excluding hydrogens is 304 g/mol. The molecule has 1 aromatic carbocycles. The van der Waals surface area contributed by atoms with Crippen LogP contribution in [-0.4, -0.2) is 47.5 Å². The van der Waals surface area contributed by atoms with Crippen molar-refractivity contribution < 1.29 is 10.0 Å². The van der Waals surface area contributed by atoms with Crippen molar-refractivity contribution in [2.24, 2.45) is 4.99 Å². The number of anilines is 1. The second-order valence-corrected chi connectivity index (χ2v) is 6.12. The fourth-order valence-electron chi connectivity index (χ4n) is 2.70. The molecule has 0 unspecified atom stereocenters. The van der Waals surface area contributed by atoms with Gasteiger partial charge in [0.1, 0.15) is 6.61 Å². The normalized spacial score (nSPS) is 17.3. The number of hydrogen-bond acceptors (Lipinski definition) is 6. The number of aliphatic imine (C=N–C) groups is 1. The molecule has 2 N–H and O–H groups in total. The largest absolute Gasteiger partial charge is 0.324 e. The molecule has 3 rings (SSSR count). The highest BCUT2D eigenvalue weighted by Gasteiger charge is 2.21. The van der Waals surface area contributed by atoms with E-state index in [1.807, 2.05) is 30.4 Å². The molecule has 0 amide bonds. The summed E-state index contributed by atoms with van der Waals surface area (Å²) in [4.78, 5) is 10.3. The first-order chi connectivity index (χ1) is 11.6. The maximum atomic E-state index is 9.81. The van der Waals surface area contributed by atoms with Crippen LogP contribution in [-0.2, 0) is 4.84 Å². The molecule has 24 heavy (non-hydrogen) atoms. The summed E-state index contributed by atoms with van der Waals surface area (Å²) in [5, 5.41) is 16.1. The minimum atomic E-state index is 0.299. The topological polar surface area (TPSA) is 60.3 Å². The number of guanidine groups is 1. The Labute approximate surface area is 142 Å². The maximum Gasteiger partial charge on any atom is 0.223 e. The van der Waals surface area contributed by atoms with E-state index < -0.39 is 0 Å². The van der Waals surface area contributed by atoms with Gasteiger partial charge in [0.05, 0.1) is 25.3 Å². The Balaban J connectivity index is 1.64. The van der Waals surface area contributed by atoms with Crippen molar-refractivity contribution in [1.82, 2.24) is 10.1 Å². The van der Waals surface area contributed by atoms with Gasteiger partial charge in [-0.05, 0) is 23.6 Å².